The standard InChI is InChI=1S/C33H44N4O5/c1-23(2)27-22-42-28-16-8-7-15-25(28)30(39)35-26(31(40)34-21-11-14-24-12-5-3-6-13-24)17-18-29(38)37-33(32(41)36-27)19-9-4-10-20-33/h3,5-8,12-13,15-16,23,26-27H,4,9-11,14,17-22H2,1-2H3,(H,34,40)(H,35,39)(H,36,41)(H,37,38)/t26-,27-/m0/s1. The summed E-state index contributed by atoms with van der Waals surface area (Å²) in [5.74, 6) is -0.903. The van der Waals surface area contributed by atoms with Crippen molar-refractivity contribution in [2.24, 2.45) is 5.92 Å². The summed E-state index contributed by atoms with van der Waals surface area (Å²) in [4.78, 5) is 53.7. The molecule has 0 unspecified atom stereocenters. The largest absolute Gasteiger partial charge is 0.491 e. The molecule has 0 aromatic heterocycles. The van der Waals surface area contributed by atoms with Crippen LogP contribution < -0.4 is 26.0 Å². The quantitative estimate of drug-likeness (QED) is 0.391. The molecule has 9 nitrogen and oxygen atoms in total. The van der Waals surface area contributed by atoms with Crippen LogP contribution in [0.25, 0.3) is 0 Å². The van der Waals surface area contributed by atoms with E-state index in [1.165, 1.54) is 5.56 Å². The smallest absolute Gasteiger partial charge is 0.255 e. The molecule has 0 radical (unpaired) electrons. The minimum absolute atomic E-state index is 0.0107. The van der Waals surface area contributed by atoms with Gasteiger partial charge in [-0.1, -0.05) is 75.6 Å². The molecule has 2 aromatic rings. The monoisotopic (exact) mass is 576 g/mol. The van der Waals surface area contributed by atoms with Crippen LogP contribution in [-0.4, -0.2) is 54.4 Å². The Morgan fingerprint density at radius 1 is 0.976 bits per heavy atom. The third kappa shape index (κ3) is 8.33. The third-order valence-electron chi connectivity index (χ3n) is 8.26. The van der Waals surface area contributed by atoms with Crippen molar-refractivity contribution in [3.8, 4) is 5.75 Å². The molecule has 1 spiro atoms. The Morgan fingerprint density at radius 2 is 1.69 bits per heavy atom. The first-order valence-electron chi connectivity index (χ1n) is 15.2. The number of para-hydroxylation sites is 1. The molecule has 0 bridgehead atoms. The Bertz CT molecular complexity index is 1230. The van der Waals surface area contributed by atoms with Gasteiger partial charge in [-0.25, -0.2) is 0 Å². The van der Waals surface area contributed by atoms with E-state index in [2.05, 4.69) is 21.3 Å². The summed E-state index contributed by atoms with van der Waals surface area (Å²) in [7, 11) is 0. The van der Waals surface area contributed by atoms with Crippen LogP contribution in [0.15, 0.2) is 54.6 Å². The second kappa shape index (κ2) is 14.8. The van der Waals surface area contributed by atoms with Crippen LogP contribution in [0.2, 0.25) is 0 Å². The highest BCUT2D eigenvalue weighted by molar-refractivity contribution is 6.00. The van der Waals surface area contributed by atoms with E-state index in [1.54, 1.807) is 24.3 Å². The molecule has 1 heterocycles. The van der Waals surface area contributed by atoms with Gasteiger partial charge in [0.25, 0.3) is 5.91 Å². The van der Waals surface area contributed by atoms with Crippen LogP contribution in [0.1, 0.15) is 81.1 Å². The second-order valence-corrected chi connectivity index (χ2v) is 11.8. The van der Waals surface area contributed by atoms with Gasteiger partial charge in [0, 0.05) is 13.0 Å². The lowest BCUT2D eigenvalue weighted by Gasteiger charge is -2.38. The maximum atomic E-state index is 13.7. The van der Waals surface area contributed by atoms with Gasteiger partial charge in [0.2, 0.25) is 17.7 Å². The van der Waals surface area contributed by atoms with Crippen molar-refractivity contribution in [3.63, 3.8) is 0 Å². The first kappa shape index (κ1) is 31.1. The Labute approximate surface area is 248 Å². The molecule has 42 heavy (non-hydrogen) atoms. The van der Waals surface area contributed by atoms with Gasteiger partial charge in [-0.05, 0) is 55.7 Å². The molecule has 4 N–H and O–H groups in total. The van der Waals surface area contributed by atoms with Crippen LogP contribution in [0.5, 0.6) is 5.75 Å². The molecule has 0 saturated heterocycles. The molecule has 2 atom stereocenters. The number of hydrogen-bond donors (Lipinski definition) is 4. The molecule has 226 valence electrons. The number of amides is 4. The summed E-state index contributed by atoms with van der Waals surface area (Å²) < 4.78 is 6.11. The van der Waals surface area contributed by atoms with E-state index in [0.717, 1.165) is 32.1 Å². The minimum Gasteiger partial charge on any atom is -0.491 e. The van der Waals surface area contributed by atoms with Crippen molar-refractivity contribution in [2.75, 3.05) is 13.2 Å². The van der Waals surface area contributed by atoms with Crippen molar-refractivity contribution in [3.05, 3.63) is 65.7 Å². The van der Waals surface area contributed by atoms with Gasteiger partial charge in [0.05, 0.1) is 11.6 Å². The zero-order valence-corrected chi connectivity index (χ0v) is 24.7. The van der Waals surface area contributed by atoms with E-state index >= 15 is 0 Å². The molecule has 1 aliphatic heterocycles. The van der Waals surface area contributed by atoms with E-state index in [9.17, 15) is 19.2 Å². The van der Waals surface area contributed by atoms with E-state index in [1.807, 2.05) is 44.2 Å². The minimum atomic E-state index is -1.00. The van der Waals surface area contributed by atoms with Crippen molar-refractivity contribution >= 4 is 23.6 Å². The summed E-state index contributed by atoms with van der Waals surface area (Å²) in [6.45, 7) is 4.58. The molecule has 2 aromatic carbocycles. The van der Waals surface area contributed by atoms with Gasteiger partial charge >= 0.3 is 0 Å². The van der Waals surface area contributed by atoms with Gasteiger partial charge in [0.15, 0.2) is 0 Å². The molecule has 1 aliphatic carbocycles. The number of nitrogens with one attached hydrogen (secondary N) is 4. The van der Waals surface area contributed by atoms with Crippen molar-refractivity contribution < 1.29 is 23.9 Å². The zero-order chi connectivity index (χ0) is 30.0. The van der Waals surface area contributed by atoms with Gasteiger partial charge in [-0.3, -0.25) is 19.2 Å². The lowest BCUT2D eigenvalue weighted by atomic mass is 9.80. The Hall–Kier alpha value is -3.88. The highest BCUT2D eigenvalue weighted by Gasteiger charge is 2.42. The lowest BCUT2D eigenvalue weighted by molar-refractivity contribution is -0.136. The highest BCUT2D eigenvalue weighted by Crippen LogP contribution is 2.29. The average Bonchev–Trinajstić information content (AvgIpc) is 3.00. The van der Waals surface area contributed by atoms with E-state index < -0.39 is 17.5 Å². The predicted molar refractivity (Wildman–Crippen MR) is 161 cm³/mol. The lowest BCUT2D eigenvalue weighted by Crippen LogP contribution is -2.62. The highest BCUT2D eigenvalue weighted by atomic mass is 16.5. The number of carbonyl (C=O) groups is 4. The topological polar surface area (TPSA) is 126 Å². The van der Waals surface area contributed by atoms with Crippen molar-refractivity contribution in [2.45, 2.75) is 89.3 Å². The summed E-state index contributed by atoms with van der Waals surface area (Å²) >= 11 is 0. The van der Waals surface area contributed by atoms with Crippen LogP contribution in [0.4, 0.5) is 0 Å². The van der Waals surface area contributed by atoms with E-state index in [0.29, 0.717) is 25.1 Å². The Kier molecular flexibility index (Phi) is 11.0. The summed E-state index contributed by atoms with van der Waals surface area (Å²) in [6.07, 6.45) is 5.44. The zero-order valence-electron chi connectivity index (χ0n) is 24.7. The van der Waals surface area contributed by atoms with E-state index in [-0.39, 0.29) is 54.7 Å². The first-order chi connectivity index (χ1) is 20.3. The van der Waals surface area contributed by atoms with Crippen LogP contribution in [0.3, 0.4) is 0 Å². The van der Waals surface area contributed by atoms with Crippen LogP contribution >= 0.6 is 0 Å². The van der Waals surface area contributed by atoms with Crippen molar-refractivity contribution in [1.82, 2.24) is 21.3 Å². The number of hydrogen-bond acceptors (Lipinski definition) is 5. The molecular weight excluding hydrogens is 532 g/mol. The predicted octanol–water partition coefficient (Wildman–Crippen LogP) is 3.67. The molecule has 2 aliphatic rings. The number of benzene rings is 2. The number of carbonyl (C=O) groups excluding carboxylic acids is 4. The third-order valence-corrected chi connectivity index (χ3v) is 8.26. The number of fused-ring (bicyclic) bond motifs is 1. The fourth-order valence-corrected chi connectivity index (χ4v) is 5.61. The normalized spacial score (nSPS) is 21.5. The molecule has 1 saturated carbocycles. The van der Waals surface area contributed by atoms with Gasteiger partial charge in [-0.15, -0.1) is 0 Å². The van der Waals surface area contributed by atoms with Crippen LogP contribution in [-0.2, 0) is 20.8 Å². The molecule has 1 fully saturated rings. The van der Waals surface area contributed by atoms with Gasteiger partial charge in [-0.2, -0.15) is 0 Å². The molecular formula is C33H44N4O5. The van der Waals surface area contributed by atoms with E-state index in [4.69, 9.17) is 4.74 Å². The maximum Gasteiger partial charge on any atom is 0.255 e. The first-order valence-corrected chi connectivity index (χ1v) is 15.2. The second-order valence-electron chi connectivity index (χ2n) is 11.8. The Balaban J connectivity index is 1.54. The summed E-state index contributed by atoms with van der Waals surface area (Å²) in [6, 6.07) is 15.6. The molecule has 9 heteroatoms. The molecule has 4 rings (SSSR count). The van der Waals surface area contributed by atoms with Gasteiger partial charge in [0.1, 0.15) is 23.9 Å². The number of rotatable bonds is 6. The Morgan fingerprint density at radius 3 is 2.43 bits per heavy atom. The average molecular weight is 577 g/mol. The number of aryl methyl sites for hydroxylation is 1. The summed E-state index contributed by atoms with van der Waals surface area (Å²) in [5.41, 5.74) is 0.470. The fraction of sp³-hybridized carbons (Fsp3) is 0.515. The SMILES string of the molecule is CC(C)[C@@H]1COc2ccccc2C(=O)N[C@H](C(=O)NCCCc2ccccc2)CCC(=O)NC2(CCCCC2)C(=O)N1. The summed E-state index contributed by atoms with van der Waals surface area (Å²) in [5, 5.41) is 11.9. The molecule has 4 amide bonds. The van der Waals surface area contributed by atoms with Gasteiger partial charge < -0.3 is 26.0 Å². The van der Waals surface area contributed by atoms with Crippen molar-refractivity contribution in [1.29, 1.82) is 0 Å². The fourth-order valence-electron chi connectivity index (χ4n) is 5.61. The van der Waals surface area contributed by atoms with Crippen LogP contribution in [0, 0.1) is 5.92 Å². The maximum absolute atomic E-state index is 13.7. The number of ether oxygens (including phenoxy) is 1.